The highest BCUT2D eigenvalue weighted by atomic mass is 16.5. The van der Waals surface area contributed by atoms with Crippen LogP contribution in [0.2, 0.25) is 0 Å². The number of benzene rings is 1. The number of ether oxygens (including phenoxy) is 1. The van der Waals surface area contributed by atoms with E-state index in [0.29, 0.717) is 12.8 Å². The van der Waals surface area contributed by atoms with Crippen molar-refractivity contribution in [2.24, 2.45) is 0 Å². The van der Waals surface area contributed by atoms with Gasteiger partial charge in [-0.2, -0.15) is 0 Å². The number of aryl methyl sites for hydroxylation is 3. The van der Waals surface area contributed by atoms with Crippen LogP contribution in [-0.4, -0.2) is 18.3 Å². The fourth-order valence-electron chi connectivity index (χ4n) is 2.54. The summed E-state index contributed by atoms with van der Waals surface area (Å²) in [4.78, 5) is 0. The monoisotopic (exact) mass is 220 g/mol. The maximum absolute atomic E-state index is 10.5. The first-order chi connectivity index (χ1) is 7.46. The average molecular weight is 220 g/mol. The van der Waals surface area contributed by atoms with Gasteiger partial charge in [0.15, 0.2) is 0 Å². The van der Waals surface area contributed by atoms with Gasteiger partial charge in [-0.25, -0.2) is 0 Å². The molecule has 16 heavy (non-hydrogen) atoms. The summed E-state index contributed by atoms with van der Waals surface area (Å²) >= 11 is 0. The average Bonchev–Trinajstić information content (AvgIpc) is 2.18. The van der Waals surface area contributed by atoms with Gasteiger partial charge in [-0.3, -0.25) is 0 Å². The largest absolute Gasteiger partial charge is 0.385 e. The lowest BCUT2D eigenvalue weighted by Gasteiger charge is -2.44. The molecule has 1 aromatic carbocycles. The normalized spacial score (nSPS) is 28.9. The van der Waals surface area contributed by atoms with E-state index in [0.717, 1.165) is 5.56 Å². The standard InChI is InChI=1S/C14H20O2/c1-9-5-11(3)13(6-10(9)2)14(15)7-12(8-14)16-4/h5-6,12,15H,7-8H2,1-4H3. The second kappa shape index (κ2) is 3.86. The molecule has 1 N–H and O–H groups in total. The number of methoxy groups -OCH3 is 1. The van der Waals surface area contributed by atoms with Crippen LogP contribution in [0.5, 0.6) is 0 Å². The van der Waals surface area contributed by atoms with Crippen molar-refractivity contribution in [2.75, 3.05) is 7.11 Å². The second-order valence-electron chi connectivity index (χ2n) is 5.05. The zero-order valence-electron chi connectivity index (χ0n) is 10.5. The third-order valence-corrected chi connectivity index (χ3v) is 3.81. The number of hydrogen-bond acceptors (Lipinski definition) is 2. The molecule has 0 aromatic heterocycles. The lowest BCUT2D eigenvalue weighted by molar-refractivity contribution is -0.133. The van der Waals surface area contributed by atoms with Gasteiger partial charge in [-0.15, -0.1) is 0 Å². The number of rotatable bonds is 2. The first-order valence-electron chi connectivity index (χ1n) is 5.80. The fourth-order valence-corrected chi connectivity index (χ4v) is 2.54. The van der Waals surface area contributed by atoms with Gasteiger partial charge in [-0.05, 0) is 43.0 Å². The maximum Gasteiger partial charge on any atom is 0.0948 e. The Morgan fingerprint density at radius 1 is 1.12 bits per heavy atom. The van der Waals surface area contributed by atoms with Crippen molar-refractivity contribution in [3.63, 3.8) is 0 Å². The Balaban J connectivity index is 2.31. The lowest BCUT2D eigenvalue weighted by Crippen LogP contribution is -2.45. The van der Waals surface area contributed by atoms with Crippen molar-refractivity contribution in [3.8, 4) is 0 Å². The van der Waals surface area contributed by atoms with Crippen LogP contribution >= 0.6 is 0 Å². The van der Waals surface area contributed by atoms with Crippen LogP contribution in [0.25, 0.3) is 0 Å². The third kappa shape index (κ3) is 1.76. The summed E-state index contributed by atoms with van der Waals surface area (Å²) in [7, 11) is 1.71. The summed E-state index contributed by atoms with van der Waals surface area (Å²) in [6.07, 6.45) is 1.64. The minimum atomic E-state index is -0.663. The lowest BCUT2D eigenvalue weighted by atomic mass is 9.71. The van der Waals surface area contributed by atoms with Crippen LogP contribution in [0, 0.1) is 20.8 Å². The molecule has 0 unspecified atom stereocenters. The molecule has 0 atom stereocenters. The van der Waals surface area contributed by atoms with Crippen LogP contribution in [0.3, 0.4) is 0 Å². The third-order valence-electron chi connectivity index (χ3n) is 3.81. The minimum absolute atomic E-state index is 0.214. The Morgan fingerprint density at radius 3 is 2.25 bits per heavy atom. The van der Waals surface area contributed by atoms with Crippen LogP contribution in [0.4, 0.5) is 0 Å². The van der Waals surface area contributed by atoms with Gasteiger partial charge in [0.2, 0.25) is 0 Å². The molecule has 0 saturated heterocycles. The highest BCUT2D eigenvalue weighted by Crippen LogP contribution is 2.44. The topological polar surface area (TPSA) is 29.5 Å². The van der Waals surface area contributed by atoms with Crippen molar-refractivity contribution in [1.82, 2.24) is 0 Å². The van der Waals surface area contributed by atoms with E-state index in [1.807, 2.05) is 0 Å². The van der Waals surface area contributed by atoms with Crippen LogP contribution in [-0.2, 0) is 10.3 Å². The van der Waals surface area contributed by atoms with Crippen LogP contribution < -0.4 is 0 Å². The second-order valence-corrected chi connectivity index (χ2v) is 5.05. The van der Waals surface area contributed by atoms with Crippen molar-refractivity contribution in [3.05, 3.63) is 34.4 Å². The molecule has 1 aromatic rings. The first kappa shape index (κ1) is 11.6. The summed E-state index contributed by atoms with van der Waals surface area (Å²) in [5.74, 6) is 0. The molecule has 0 amide bonds. The van der Waals surface area contributed by atoms with E-state index in [1.54, 1.807) is 7.11 Å². The van der Waals surface area contributed by atoms with Crippen molar-refractivity contribution < 1.29 is 9.84 Å². The Bertz CT molecular complexity index is 403. The Morgan fingerprint density at radius 2 is 1.69 bits per heavy atom. The zero-order chi connectivity index (χ0) is 11.9. The van der Waals surface area contributed by atoms with E-state index in [9.17, 15) is 5.11 Å². The summed E-state index contributed by atoms with van der Waals surface area (Å²) in [5.41, 5.74) is 4.12. The SMILES string of the molecule is COC1CC(O)(c2cc(C)c(C)cc2C)C1. The first-order valence-corrected chi connectivity index (χ1v) is 5.80. The Hall–Kier alpha value is -0.860. The van der Waals surface area contributed by atoms with E-state index in [1.165, 1.54) is 16.7 Å². The van der Waals surface area contributed by atoms with E-state index in [4.69, 9.17) is 4.74 Å². The molecular formula is C14H20O2. The van der Waals surface area contributed by atoms with Gasteiger partial charge in [0, 0.05) is 20.0 Å². The van der Waals surface area contributed by atoms with Crippen molar-refractivity contribution in [1.29, 1.82) is 0 Å². The molecular weight excluding hydrogens is 200 g/mol. The van der Waals surface area contributed by atoms with Crippen molar-refractivity contribution >= 4 is 0 Å². The van der Waals surface area contributed by atoms with Crippen LogP contribution in [0.15, 0.2) is 12.1 Å². The minimum Gasteiger partial charge on any atom is -0.385 e. The van der Waals surface area contributed by atoms with E-state index < -0.39 is 5.60 Å². The van der Waals surface area contributed by atoms with Gasteiger partial charge < -0.3 is 9.84 Å². The van der Waals surface area contributed by atoms with Gasteiger partial charge in [0.05, 0.1) is 11.7 Å². The summed E-state index contributed by atoms with van der Waals surface area (Å²) in [6, 6.07) is 4.28. The van der Waals surface area contributed by atoms with Gasteiger partial charge in [0.1, 0.15) is 0 Å². The summed E-state index contributed by atoms with van der Waals surface area (Å²) in [6.45, 7) is 6.27. The smallest absolute Gasteiger partial charge is 0.0948 e. The van der Waals surface area contributed by atoms with E-state index in [2.05, 4.69) is 32.9 Å². The molecule has 1 aliphatic carbocycles. The highest BCUT2D eigenvalue weighted by Gasteiger charge is 2.45. The molecule has 1 aliphatic rings. The molecule has 2 nitrogen and oxygen atoms in total. The number of aliphatic hydroxyl groups is 1. The number of hydrogen-bond donors (Lipinski definition) is 1. The molecule has 2 rings (SSSR count). The van der Waals surface area contributed by atoms with Crippen molar-refractivity contribution in [2.45, 2.75) is 45.3 Å². The van der Waals surface area contributed by atoms with E-state index >= 15 is 0 Å². The molecule has 0 heterocycles. The fraction of sp³-hybridized carbons (Fsp3) is 0.571. The van der Waals surface area contributed by atoms with Gasteiger partial charge >= 0.3 is 0 Å². The maximum atomic E-state index is 10.5. The molecule has 1 fully saturated rings. The molecule has 0 spiro atoms. The Labute approximate surface area is 97.3 Å². The Kier molecular flexibility index (Phi) is 2.81. The highest BCUT2D eigenvalue weighted by molar-refractivity contribution is 5.41. The summed E-state index contributed by atoms with van der Waals surface area (Å²) < 4.78 is 5.24. The molecule has 88 valence electrons. The van der Waals surface area contributed by atoms with Gasteiger partial charge in [-0.1, -0.05) is 12.1 Å². The predicted octanol–water partition coefficient (Wildman–Crippen LogP) is 2.61. The molecule has 0 bridgehead atoms. The zero-order valence-corrected chi connectivity index (χ0v) is 10.5. The summed E-state index contributed by atoms with van der Waals surface area (Å²) in [5, 5.41) is 10.5. The van der Waals surface area contributed by atoms with E-state index in [-0.39, 0.29) is 6.10 Å². The quantitative estimate of drug-likeness (QED) is 0.830. The molecule has 0 radical (unpaired) electrons. The molecule has 2 heteroatoms. The molecule has 0 aliphatic heterocycles. The molecule has 1 saturated carbocycles. The predicted molar refractivity (Wildman–Crippen MR) is 64.6 cm³/mol. The van der Waals surface area contributed by atoms with Crippen LogP contribution in [0.1, 0.15) is 35.1 Å². The van der Waals surface area contributed by atoms with Gasteiger partial charge in [0.25, 0.3) is 0 Å².